The Labute approximate surface area is 193 Å². The maximum absolute atomic E-state index is 12.5. The average molecular weight is 416 g/mol. The van der Waals surface area contributed by atoms with Gasteiger partial charge >= 0.3 is 35.5 Å². The molecule has 0 aromatic heterocycles. The second kappa shape index (κ2) is 16.9. The van der Waals surface area contributed by atoms with E-state index in [1.54, 1.807) is 0 Å². The van der Waals surface area contributed by atoms with Crippen molar-refractivity contribution in [1.82, 2.24) is 0 Å². The van der Waals surface area contributed by atoms with Crippen molar-refractivity contribution in [2.75, 3.05) is 32.8 Å². The van der Waals surface area contributed by atoms with Crippen LogP contribution in [0.5, 0.6) is 0 Å². The normalized spacial score (nSPS) is 18.4. The number of halogens is 1. The number of nitrogens with zero attached hydrogens (tertiary/aromatic N) is 2. The van der Waals surface area contributed by atoms with Crippen LogP contribution in [0, 0.1) is 0 Å². The number of carbonyl (C=O) groups excluding carboxylic acids is 1. The largest absolute Gasteiger partial charge is 1.00 e. The molecule has 1 aliphatic rings. The van der Waals surface area contributed by atoms with Crippen LogP contribution < -0.4 is 29.6 Å². The van der Waals surface area contributed by atoms with Crippen molar-refractivity contribution >= 4 is 30.0 Å². The molecule has 0 radical (unpaired) electrons. The predicted octanol–water partition coefficient (Wildman–Crippen LogP) is 0.321. The number of hydrogen-bond acceptors (Lipinski definition) is 4. The fourth-order valence-corrected chi connectivity index (χ4v) is 3.56. The number of quaternary nitrogens is 1. The molecule has 1 unspecified atom stereocenters. The van der Waals surface area contributed by atoms with Crippen molar-refractivity contribution in [2.45, 2.75) is 71.1 Å². The number of hydrogen-bond donors (Lipinski definition) is 2. The molecule has 1 aliphatic heterocycles. The maximum Gasteiger partial charge on any atom is 1.00 e. The molecule has 27 heavy (non-hydrogen) atoms. The Bertz CT molecular complexity index is 469. The first-order chi connectivity index (χ1) is 12.1. The first kappa shape index (κ1) is 29.2. The summed E-state index contributed by atoms with van der Waals surface area (Å²) in [6.07, 6.45) is 11.2. The van der Waals surface area contributed by atoms with Gasteiger partial charge in [0.2, 0.25) is 5.78 Å². The number of aliphatic hydroxyl groups excluding tert-OH is 1. The van der Waals surface area contributed by atoms with Crippen LogP contribution in [0.4, 0.5) is 0 Å². The van der Waals surface area contributed by atoms with Crippen LogP contribution in [-0.4, -0.2) is 65.1 Å². The van der Waals surface area contributed by atoms with E-state index >= 15 is 0 Å². The van der Waals surface area contributed by atoms with Gasteiger partial charge in [0.1, 0.15) is 13.1 Å². The molecule has 0 fully saturated rings. The number of unbranched alkanes of at least 4 members (excludes halogenated alkanes) is 8. The molecule has 0 saturated heterocycles. The van der Waals surface area contributed by atoms with Gasteiger partial charge in [-0.25, -0.2) is 9.79 Å². The zero-order chi connectivity index (χ0) is 18.5. The van der Waals surface area contributed by atoms with Crippen LogP contribution in [0.25, 0.3) is 0 Å². The SMILES string of the molecule is CCCCCCCCCCCC(=O)C1=NCC[N+]1(CCO)CC(=O)O.Cl.[H-].[Na+]. The molecule has 8 heteroatoms. The van der Waals surface area contributed by atoms with Gasteiger partial charge in [0.05, 0.1) is 13.2 Å². The van der Waals surface area contributed by atoms with Crippen LogP contribution in [0.1, 0.15) is 72.6 Å². The number of carbonyl (C=O) groups is 2. The summed E-state index contributed by atoms with van der Waals surface area (Å²) in [6.45, 7) is 3.10. The number of aliphatic hydroxyl groups is 1. The average Bonchev–Trinajstić information content (AvgIpc) is 2.96. The Morgan fingerprint density at radius 2 is 1.63 bits per heavy atom. The molecule has 0 aromatic rings. The fraction of sp³-hybridized carbons (Fsp3) is 0.842. The van der Waals surface area contributed by atoms with Gasteiger partial charge in [0.15, 0.2) is 6.54 Å². The molecule has 154 valence electrons. The van der Waals surface area contributed by atoms with E-state index in [1.807, 2.05) is 0 Å². The third-order valence-electron chi connectivity index (χ3n) is 4.96. The molecule has 0 amide bonds. The van der Waals surface area contributed by atoms with E-state index in [1.165, 1.54) is 38.5 Å². The Morgan fingerprint density at radius 3 is 2.15 bits per heavy atom. The number of amidine groups is 1. The Hall–Kier alpha value is 0.0200. The van der Waals surface area contributed by atoms with Crippen LogP contribution in [0.3, 0.4) is 0 Å². The van der Waals surface area contributed by atoms with Gasteiger partial charge in [-0.05, 0) is 6.42 Å². The molecule has 1 atom stereocenters. The van der Waals surface area contributed by atoms with Crippen molar-refractivity contribution in [1.29, 1.82) is 0 Å². The second-order valence-corrected chi connectivity index (χ2v) is 7.07. The van der Waals surface area contributed by atoms with E-state index in [4.69, 9.17) is 5.11 Å². The molecule has 0 saturated carbocycles. The van der Waals surface area contributed by atoms with Crippen molar-refractivity contribution in [3.8, 4) is 0 Å². The topological polar surface area (TPSA) is 87.0 Å². The summed E-state index contributed by atoms with van der Waals surface area (Å²) in [4.78, 5) is 28.0. The Morgan fingerprint density at radius 1 is 1.07 bits per heavy atom. The Kier molecular flexibility index (Phi) is 18.3. The molecule has 0 bridgehead atoms. The summed E-state index contributed by atoms with van der Waals surface area (Å²) in [5.41, 5.74) is 0. The number of rotatable bonds is 15. The van der Waals surface area contributed by atoms with Gasteiger partial charge in [-0.15, -0.1) is 12.4 Å². The number of carboxylic acid groups (broad SMARTS) is 1. The predicted molar refractivity (Wildman–Crippen MR) is 107 cm³/mol. The van der Waals surface area contributed by atoms with E-state index in [0.29, 0.717) is 25.3 Å². The minimum Gasteiger partial charge on any atom is -1.00 e. The molecule has 1 heterocycles. The van der Waals surface area contributed by atoms with Crippen molar-refractivity contribution in [2.24, 2.45) is 4.99 Å². The summed E-state index contributed by atoms with van der Waals surface area (Å²) < 4.78 is 0.00208. The minimum atomic E-state index is -0.959. The van der Waals surface area contributed by atoms with E-state index in [9.17, 15) is 14.7 Å². The number of aliphatic imine (C=N–C) groups is 1. The number of aliphatic carboxylic acids is 1. The van der Waals surface area contributed by atoms with Crippen LogP contribution in [-0.2, 0) is 9.59 Å². The van der Waals surface area contributed by atoms with E-state index in [2.05, 4.69) is 11.9 Å². The molecule has 2 N–H and O–H groups in total. The smallest absolute Gasteiger partial charge is 1.00 e. The monoisotopic (exact) mass is 415 g/mol. The van der Waals surface area contributed by atoms with Gasteiger partial charge < -0.3 is 11.6 Å². The van der Waals surface area contributed by atoms with Crippen LogP contribution in [0.2, 0.25) is 0 Å². The van der Waals surface area contributed by atoms with Crippen LogP contribution in [0.15, 0.2) is 4.99 Å². The third kappa shape index (κ3) is 11.0. The first-order valence-electron chi connectivity index (χ1n) is 9.82. The molecule has 6 nitrogen and oxygen atoms in total. The molecular weight excluding hydrogens is 379 g/mol. The van der Waals surface area contributed by atoms with Gasteiger partial charge in [-0.1, -0.05) is 58.3 Å². The summed E-state index contributed by atoms with van der Waals surface area (Å²) in [5, 5.41) is 18.4. The Balaban J connectivity index is -0.00000208. The maximum atomic E-state index is 12.5. The third-order valence-corrected chi connectivity index (χ3v) is 4.96. The molecule has 0 spiro atoms. The number of Topliss-reactive ketones (excluding diaryl/α,β-unsaturated/α-hetero) is 1. The summed E-state index contributed by atoms with van der Waals surface area (Å²) in [7, 11) is 0. The molecule has 0 aliphatic carbocycles. The van der Waals surface area contributed by atoms with Gasteiger partial charge in [0, 0.05) is 6.42 Å². The van der Waals surface area contributed by atoms with Crippen molar-refractivity contribution < 1.29 is 55.3 Å². The van der Waals surface area contributed by atoms with Crippen molar-refractivity contribution in [3.05, 3.63) is 0 Å². The second-order valence-electron chi connectivity index (χ2n) is 7.07. The van der Waals surface area contributed by atoms with Gasteiger partial charge in [-0.3, -0.25) is 9.28 Å². The number of carboxylic acids is 1. The quantitative estimate of drug-likeness (QED) is 0.229. The van der Waals surface area contributed by atoms with E-state index < -0.39 is 5.97 Å². The summed E-state index contributed by atoms with van der Waals surface area (Å²) in [5.74, 6) is -0.648. The zero-order valence-electron chi connectivity index (χ0n) is 18.1. The summed E-state index contributed by atoms with van der Waals surface area (Å²) in [6, 6.07) is 0. The first-order valence-corrected chi connectivity index (χ1v) is 9.82. The molecule has 0 aromatic carbocycles. The molecular formula is C19H37ClN2NaO4+. The van der Waals surface area contributed by atoms with E-state index in [0.717, 1.165) is 19.3 Å². The molecule has 1 rings (SSSR count). The fourth-order valence-electron chi connectivity index (χ4n) is 3.56. The standard InChI is InChI=1S/C19H34N2O4.ClH.Na.H/c1-2-3-4-5-6-7-8-9-10-11-17(23)19-20-12-13-21(19,14-15-22)16-18(24)25;;;/h22H,2-16H2,1H3;1H;;/q;;+1;-1/p+1. The minimum absolute atomic E-state index is 0. The van der Waals surface area contributed by atoms with Crippen LogP contribution >= 0.6 is 12.4 Å². The van der Waals surface area contributed by atoms with Gasteiger partial charge in [-0.2, -0.15) is 0 Å². The summed E-state index contributed by atoms with van der Waals surface area (Å²) >= 11 is 0. The number of ketones is 1. The zero-order valence-corrected chi connectivity index (χ0v) is 19.9. The van der Waals surface area contributed by atoms with E-state index in [-0.39, 0.29) is 73.4 Å². The van der Waals surface area contributed by atoms with Crippen molar-refractivity contribution in [3.63, 3.8) is 0 Å². The van der Waals surface area contributed by atoms with Gasteiger partial charge in [0.25, 0.3) is 5.84 Å².